The predicted octanol–water partition coefficient (Wildman–Crippen LogP) is 2.32. The van der Waals surface area contributed by atoms with Crippen LogP contribution in [0.4, 0.5) is 4.79 Å². The van der Waals surface area contributed by atoms with Gasteiger partial charge in [-0.1, -0.05) is 30.3 Å². The van der Waals surface area contributed by atoms with E-state index in [1.807, 2.05) is 44.2 Å². The molecule has 0 fully saturated rings. The molecule has 0 heterocycles. The summed E-state index contributed by atoms with van der Waals surface area (Å²) in [7, 11) is 0. The Bertz CT molecular complexity index is 550. The van der Waals surface area contributed by atoms with Crippen LogP contribution in [0.25, 0.3) is 0 Å². The van der Waals surface area contributed by atoms with Gasteiger partial charge in [-0.25, -0.2) is 4.79 Å². The van der Waals surface area contributed by atoms with E-state index in [0.717, 1.165) is 5.56 Å². The van der Waals surface area contributed by atoms with Crippen LogP contribution in [0, 0.1) is 0 Å². The number of alkyl carbamates (subject to hydrolysis) is 1. The molecule has 1 aromatic carbocycles. The molecular formula is C18H29N3O3. The molecule has 0 aliphatic carbocycles. The van der Waals surface area contributed by atoms with Crippen LogP contribution in [0.2, 0.25) is 0 Å². The maximum Gasteiger partial charge on any atom is 0.408 e. The molecule has 1 aromatic rings. The molecule has 134 valence electrons. The summed E-state index contributed by atoms with van der Waals surface area (Å²) in [5, 5.41) is 5.93. The average molecular weight is 335 g/mol. The third kappa shape index (κ3) is 7.97. The summed E-state index contributed by atoms with van der Waals surface area (Å²) in [4.78, 5) is 23.7. The minimum absolute atomic E-state index is 0.356. The third-order valence-corrected chi connectivity index (χ3v) is 3.29. The molecule has 0 spiro atoms. The summed E-state index contributed by atoms with van der Waals surface area (Å²) in [6.45, 7) is 9.58. The topological polar surface area (TPSA) is 93.5 Å². The summed E-state index contributed by atoms with van der Waals surface area (Å²) < 4.78 is 5.26. The number of carbonyl (C=O) groups is 2. The van der Waals surface area contributed by atoms with Gasteiger partial charge in [0.2, 0.25) is 5.91 Å². The largest absolute Gasteiger partial charge is 0.444 e. The smallest absolute Gasteiger partial charge is 0.408 e. The lowest BCUT2D eigenvalue weighted by molar-refractivity contribution is -0.120. The molecular weight excluding hydrogens is 306 g/mol. The lowest BCUT2D eigenvalue weighted by Crippen LogP contribution is -2.52. The lowest BCUT2D eigenvalue weighted by Gasteiger charge is -2.31. The van der Waals surface area contributed by atoms with Crippen LogP contribution in [0.1, 0.15) is 46.6 Å². The number of amides is 2. The van der Waals surface area contributed by atoms with Crippen molar-refractivity contribution in [3.63, 3.8) is 0 Å². The molecule has 0 aliphatic rings. The first kappa shape index (κ1) is 20.0. The highest BCUT2D eigenvalue weighted by Gasteiger charge is 2.29. The molecule has 1 rings (SSSR count). The highest BCUT2D eigenvalue weighted by molar-refractivity contribution is 5.80. The SMILES string of the molecule is CC(C)(CC(NCc1ccccc1)C(N)=O)NC(=O)OC(C)(C)C. The van der Waals surface area contributed by atoms with Gasteiger partial charge in [0, 0.05) is 12.1 Å². The van der Waals surface area contributed by atoms with E-state index in [-0.39, 0.29) is 0 Å². The zero-order chi connectivity index (χ0) is 18.4. The van der Waals surface area contributed by atoms with Gasteiger partial charge in [-0.05, 0) is 46.6 Å². The van der Waals surface area contributed by atoms with Crippen LogP contribution >= 0.6 is 0 Å². The summed E-state index contributed by atoms with van der Waals surface area (Å²) in [6, 6.07) is 9.18. The number of rotatable bonds is 7. The number of benzene rings is 1. The fourth-order valence-electron chi connectivity index (χ4n) is 2.25. The fraction of sp³-hybridized carbons (Fsp3) is 0.556. The van der Waals surface area contributed by atoms with Gasteiger partial charge in [0.25, 0.3) is 0 Å². The summed E-state index contributed by atoms with van der Waals surface area (Å²) in [5.74, 6) is -0.454. The van der Waals surface area contributed by atoms with Gasteiger partial charge in [-0.15, -0.1) is 0 Å². The van der Waals surface area contributed by atoms with Crippen molar-refractivity contribution < 1.29 is 14.3 Å². The Morgan fingerprint density at radius 1 is 1.12 bits per heavy atom. The van der Waals surface area contributed by atoms with Crippen molar-refractivity contribution in [1.29, 1.82) is 0 Å². The third-order valence-electron chi connectivity index (χ3n) is 3.29. The van der Waals surface area contributed by atoms with E-state index in [2.05, 4.69) is 10.6 Å². The number of hydrogen-bond acceptors (Lipinski definition) is 4. The van der Waals surface area contributed by atoms with E-state index in [1.165, 1.54) is 0 Å². The first-order valence-corrected chi connectivity index (χ1v) is 8.06. The fourth-order valence-corrected chi connectivity index (χ4v) is 2.25. The van der Waals surface area contributed by atoms with Crippen LogP contribution in [0.3, 0.4) is 0 Å². The molecule has 0 aliphatic heterocycles. The van der Waals surface area contributed by atoms with Crippen LogP contribution in [-0.2, 0) is 16.1 Å². The van der Waals surface area contributed by atoms with Gasteiger partial charge in [0.05, 0.1) is 6.04 Å². The second kappa shape index (κ2) is 8.15. The maximum atomic E-state index is 11.9. The van der Waals surface area contributed by atoms with Crippen LogP contribution in [0.15, 0.2) is 30.3 Å². The normalized spacial score (nSPS) is 13.2. The van der Waals surface area contributed by atoms with Gasteiger partial charge < -0.3 is 21.1 Å². The summed E-state index contributed by atoms with van der Waals surface area (Å²) >= 11 is 0. The number of carbonyl (C=O) groups excluding carboxylic acids is 2. The summed E-state index contributed by atoms with van der Waals surface area (Å²) in [5.41, 5.74) is 5.33. The molecule has 2 amide bonds. The highest BCUT2D eigenvalue weighted by Crippen LogP contribution is 2.15. The second-order valence-electron chi connectivity index (χ2n) is 7.54. The van der Waals surface area contributed by atoms with Crippen molar-refractivity contribution in [3.8, 4) is 0 Å². The van der Waals surface area contributed by atoms with Crippen LogP contribution in [-0.4, -0.2) is 29.2 Å². The Morgan fingerprint density at radius 3 is 2.21 bits per heavy atom. The van der Waals surface area contributed by atoms with Gasteiger partial charge in [-0.3, -0.25) is 4.79 Å². The number of nitrogens with two attached hydrogens (primary N) is 1. The lowest BCUT2D eigenvalue weighted by atomic mass is 9.94. The first-order valence-electron chi connectivity index (χ1n) is 8.06. The molecule has 6 heteroatoms. The molecule has 4 N–H and O–H groups in total. The average Bonchev–Trinajstić information content (AvgIpc) is 2.41. The van der Waals surface area contributed by atoms with E-state index >= 15 is 0 Å². The van der Waals surface area contributed by atoms with E-state index < -0.39 is 29.2 Å². The molecule has 0 radical (unpaired) electrons. The highest BCUT2D eigenvalue weighted by atomic mass is 16.6. The second-order valence-corrected chi connectivity index (χ2v) is 7.54. The Morgan fingerprint density at radius 2 is 1.71 bits per heavy atom. The molecule has 1 unspecified atom stereocenters. The zero-order valence-electron chi connectivity index (χ0n) is 15.2. The van der Waals surface area contributed by atoms with E-state index in [1.54, 1.807) is 20.8 Å². The van der Waals surface area contributed by atoms with E-state index in [0.29, 0.717) is 13.0 Å². The van der Waals surface area contributed by atoms with Crippen LogP contribution < -0.4 is 16.4 Å². The van der Waals surface area contributed by atoms with Gasteiger partial charge in [0.15, 0.2) is 0 Å². The minimum Gasteiger partial charge on any atom is -0.444 e. The number of nitrogens with one attached hydrogen (secondary N) is 2. The van der Waals surface area contributed by atoms with Crippen molar-refractivity contribution in [2.45, 2.75) is 64.8 Å². The molecule has 6 nitrogen and oxygen atoms in total. The van der Waals surface area contributed by atoms with Crippen molar-refractivity contribution in [1.82, 2.24) is 10.6 Å². The summed E-state index contributed by atoms with van der Waals surface area (Å²) in [6.07, 6.45) is -0.159. The Labute approximate surface area is 144 Å². The minimum atomic E-state index is -0.647. The number of primary amides is 1. The van der Waals surface area contributed by atoms with Gasteiger partial charge >= 0.3 is 6.09 Å². The monoisotopic (exact) mass is 335 g/mol. The van der Waals surface area contributed by atoms with Crippen molar-refractivity contribution >= 4 is 12.0 Å². The Balaban J connectivity index is 2.62. The van der Waals surface area contributed by atoms with Crippen molar-refractivity contribution in [2.24, 2.45) is 5.73 Å². The van der Waals surface area contributed by atoms with Gasteiger partial charge in [0.1, 0.15) is 5.60 Å². The van der Waals surface area contributed by atoms with Crippen LogP contribution in [0.5, 0.6) is 0 Å². The molecule has 0 aromatic heterocycles. The molecule has 0 saturated heterocycles. The van der Waals surface area contributed by atoms with Crippen molar-refractivity contribution in [3.05, 3.63) is 35.9 Å². The number of hydrogen-bond donors (Lipinski definition) is 3. The zero-order valence-corrected chi connectivity index (χ0v) is 15.2. The van der Waals surface area contributed by atoms with E-state index in [4.69, 9.17) is 10.5 Å². The maximum absolute atomic E-state index is 11.9. The molecule has 24 heavy (non-hydrogen) atoms. The number of ether oxygens (including phenoxy) is 1. The molecule has 0 bridgehead atoms. The first-order chi connectivity index (χ1) is 11.0. The Hall–Kier alpha value is -2.08. The van der Waals surface area contributed by atoms with E-state index in [9.17, 15) is 9.59 Å². The quantitative estimate of drug-likeness (QED) is 0.713. The predicted molar refractivity (Wildman–Crippen MR) is 94.3 cm³/mol. The van der Waals surface area contributed by atoms with Crippen molar-refractivity contribution in [2.75, 3.05) is 0 Å². The molecule has 1 atom stereocenters. The standard InChI is InChI=1S/C18H29N3O3/c1-17(2,3)24-16(23)21-18(4,5)11-14(15(19)22)20-12-13-9-7-6-8-10-13/h6-10,14,20H,11-12H2,1-5H3,(H2,19,22)(H,21,23). The molecule has 0 saturated carbocycles. The van der Waals surface area contributed by atoms with Gasteiger partial charge in [-0.2, -0.15) is 0 Å². The Kier molecular flexibility index (Phi) is 6.78.